The van der Waals surface area contributed by atoms with Gasteiger partial charge in [0.1, 0.15) is 5.75 Å². The lowest BCUT2D eigenvalue weighted by atomic mass is 10.0. The Morgan fingerprint density at radius 3 is 2.83 bits per heavy atom. The number of hydrogen-bond acceptors (Lipinski definition) is 5. The van der Waals surface area contributed by atoms with Crippen LogP contribution in [0.3, 0.4) is 0 Å². The molecule has 1 aliphatic rings. The van der Waals surface area contributed by atoms with Gasteiger partial charge in [-0.15, -0.1) is 0 Å². The second kappa shape index (κ2) is 5.48. The Kier molecular flexibility index (Phi) is 3.53. The standard InChI is InChI=1S/C18H22N4OS/c1-18(2,3)22-15-7-8-21(11-12(15)10-19-22)17-20-14-6-5-13(23-4)9-16(14)24-17/h5-6,9-10H,7-8,11H2,1-4H3. The van der Waals surface area contributed by atoms with E-state index in [0.29, 0.717) is 0 Å². The smallest absolute Gasteiger partial charge is 0.186 e. The van der Waals surface area contributed by atoms with Crippen LogP contribution < -0.4 is 9.64 Å². The maximum Gasteiger partial charge on any atom is 0.186 e. The molecule has 24 heavy (non-hydrogen) atoms. The van der Waals surface area contributed by atoms with Crippen molar-refractivity contribution in [1.29, 1.82) is 0 Å². The highest BCUT2D eigenvalue weighted by Crippen LogP contribution is 2.34. The zero-order valence-corrected chi connectivity index (χ0v) is 15.4. The van der Waals surface area contributed by atoms with Crippen molar-refractivity contribution >= 4 is 26.7 Å². The second-order valence-corrected chi connectivity index (χ2v) is 8.21. The molecule has 1 aliphatic heterocycles. The van der Waals surface area contributed by atoms with Crippen molar-refractivity contribution in [3.63, 3.8) is 0 Å². The molecule has 4 rings (SSSR count). The van der Waals surface area contributed by atoms with Crippen LogP contribution in [-0.4, -0.2) is 28.4 Å². The minimum Gasteiger partial charge on any atom is -0.497 e. The number of hydrogen-bond donors (Lipinski definition) is 0. The first-order valence-electron chi connectivity index (χ1n) is 8.21. The number of ether oxygens (including phenoxy) is 1. The van der Waals surface area contributed by atoms with Crippen LogP contribution in [0.2, 0.25) is 0 Å². The van der Waals surface area contributed by atoms with Crippen molar-refractivity contribution in [2.45, 2.75) is 39.3 Å². The summed E-state index contributed by atoms with van der Waals surface area (Å²) in [5.74, 6) is 0.880. The first-order chi connectivity index (χ1) is 11.5. The molecule has 0 amide bonds. The van der Waals surface area contributed by atoms with Gasteiger partial charge < -0.3 is 9.64 Å². The summed E-state index contributed by atoms with van der Waals surface area (Å²) in [5, 5.41) is 5.70. The van der Waals surface area contributed by atoms with Crippen LogP contribution in [0, 0.1) is 0 Å². The number of fused-ring (bicyclic) bond motifs is 2. The lowest BCUT2D eigenvalue weighted by Crippen LogP contribution is -2.33. The van der Waals surface area contributed by atoms with Gasteiger partial charge in [0.2, 0.25) is 0 Å². The van der Waals surface area contributed by atoms with Gasteiger partial charge in [0.05, 0.1) is 29.1 Å². The largest absolute Gasteiger partial charge is 0.497 e. The fraction of sp³-hybridized carbons (Fsp3) is 0.444. The predicted molar refractivity (Wildman–Crippen MR) is 98.1 cm³/mol. The molecule has 0 aliphatic carbocycles. The Bertz CT molecular complexity index is 890. The quantitative estimate of drug-likeness (QED) is 0.710. The summed E-state index contributed by atoms with van der Waals surface area (Å²) in [4.78, 5) is 7.16. The Hall–Kier alpha value is -2.08. The van der Waals surface area contributed by atoms with E-state index in [4.69, 9.17) is 9.72 Å². The van der Waals surface area contributed by atoms with Crippen LogP contribution in [0.15, 0.2) is 24.4 Å². The molecule has 0 saturated heterocycles. The number of benzene rings is 1. The van der Waals surface area contributed by atoms with Crippen LogP contribution >= 0.6 is 11.3 Å². The van der Waals surface area contributed by atoms with Crippen molar-refractivity contribution in [1.82, 2.24) is 14.8 Å². The molecule has 6 heteroatoms. The molecule has 0 unspecified atom stereocenters. The highest BCUT2D eigenvalue weighted by atomic mass is 32.1. The molecule has 0 radical (unpaired) electrons. The van der Waals surface area contributed by atoms with E-state index in [1.54, 1.807) is 18.4 Å². The molecule has 0 N–H and O–H groups in total. The van der Waals surface area contributed by atoms with Gasteiger partial charge in [0, 0.05) is 30.8 Å². The molecule has 2 aromatic heterocycles. The van der Waals surface area contributed by atoms with Crippen LogP contribution in [0.4, 0.5) is 5.13 Å². The SMILES string of the molecule is COc1ccc2nc(N3CCc4c(cnn4C(C)(C)C)C3)sc2c1. The van der Waals surface area contributed by atoms with E-state index < -0.39 is 0 Å². The summed E-state index contributed by atoms with van der Waals surface area (Å²) in [6.45, 7) is 8.46. The predicted octanol–water partition coefficient (Wildman–Crippen LogP) is 3.82. The fourth-order valence-electron chi connectivity index (χ4n) is 3.23. The maximum absolute atomic E-state index is 5.31. The topological polar surface area (TPSA) is 43.2 Å². The summed E-state index contributed by atoms with van der Waals surface area (Å²) in [6, 6.07) is 6.05. The van der Waals surface area contributed by atoms with Gasteiger partial charge in [-0.25, -0.2) is 4.98 Å². The zero-order chi connectivity index (χ0) is 16.9. The van der Waals surface area contributed by atoms with E-state index in [1.165, 1.54) is 16.0 Å². The minimum atomic E-state index is 0.0299. The zero-order valence-electron chi connectivity index (χ0n) is 14.5. The van der Waals surface area contributed by atoms with Gasteiger partial charge in [-0.05, 0) is 39.0 Å². The molecule has 126 valence electrons. The monoisotopic (exact) mass is 342 g/mol. The third-order valence-electron chi connectivity index (χ3n) is 4.43. The van der Waals surface area contributed by atoms with Crippen LogP contribution in [-0.2, 0) is 18.5 Å². The Morgan fingerprint density at radius 2 is 2.08 bits per heavy atom. The molecule has 0 saturated carbocycles. The molecule has 0 spiro atoms. The fourth-order valence-corrected chi connectivity index (χ4v) is 4.25. The molecule has 0 fully saturated rings. The van der Waals surface area contributed by atoms with Crippen molar-refractivity contribution in [2.75, 3.05) is 18.6 Å². The van der Waals surface area contributed by atoms with Crippen molar-refractivity contribution < 1.29 is 4.74 Å². The summed E-state index contributed by atoms with van der Waals surface area (Å²) in [7, 11) is 1.70. The minimum absolute atomic E-state index is 0.0299. The summed E-state index contributed by atoms with van der Waals surface area (Å²) in [6.07, 6.45) is 3.02. The van der Waals surface area contributed by atoms with E-state index in [-0.39, 0.29) is 5.54 Å². The van der Waals surface area contributed by atoms with Gasteiger partial charge in [0.15, 0.2) is 5.13 Å². The Morgan fingerprint density at radius 1 is 1.25 bits per heavy atom. The van der Waals surface area contributed by atoms with Crippen LogP contribution in [0.5, 0.6) is 5.75 Å². The first-order valence-corrected chi connectivity index (χ1v) is 9.03. The average Bonchev–Trinajstić information content (AvgIpc) is 3.16. The molecule has 0 atom stereocenters. The summed E-state index contributed by atoms with van der Waals surface area (Å²) < 4.78 is 8.65. The van der Waals surface area contributed by atoms with Gasteiger partial charge in [-0.1, -0.05) is 11.3 Å². The van der Waals surface area contributed by atoms with E-state index in [2.05, 4.69) is 41.5 Å². The molecule has 0 bridgehead atoms. The molecular weight excluding hydrogens is 320 g/mol. The van der Waals surface area contributed by atoms with Crippen molar-refractivity contribution in [3.8, 4) is 5.75 Å². The molecule has 3 aromatic rings. The van der Waals surface area contributed by atoms with E-state index in [9.17, 15) is 0 Å². The number of anilines is 1. The third kappa shape index (κ3) is 2.55. The lowest BCUT2D eigenvalue weighted by Gasteiger charge is -2.29. The number of nitrogens with zero attached hydrogens (tertiary/aromatic N) is 4. The van der Waals surface area contributed by atoms with Crippen LogP contribution in [0.1, 0.15) is 32.0 Å². The number of methoxy groups -OCH3 is 1. The molecule has 3 heterocycles. The average molecular weight is 342 g/mol. The van der Waals surface area contributed by atoms with E-state index in [1.807, 2.05) is 18.3 Å². The van der Waals surface area contributed by atoms with Crippen LogP contribution in [0.25, 0.3) is 10.2 Å². The number of rotatable bonds is 2. The van der Waals surface area contributed by atoms with Crippen molar-refractivity contribution in [2.24, 2.45) is 0 Å². The first kappa shape index (κ1) is 15.4. The van der Waals surface area contributed by atoms with Gasteiger partial charge in [-0.2, -0.15) is 5.10 Å². The maximum atomic E-state index is 5.31. The lowest BCUT2D eigenvalue weighted by molar-refractivity contribution is 0.341. The summed E-state index contributed by atoms with van der Waals surface area (Å²) in [5.41, 5.74) is 3.74. The van der Waals surface area contributed by atoms with Gasteiger partial charge in [-0.3, -0.25) is 4.68 Å². The third-order valence-corrected chi connectivity index (χ3v) is 5.50. The number of thiazole rings is 1. The normalized spacial score (nSPS) is 14.9. The molecular formula is C18H22N4OS. The molecule has 5 nitrogen and oxygen atoms in total. The Labute approximate surface area is 145 Å². The number of aromatic nitrogens is 3. The van der Waals surface area contributed by atoms with Gasteiger partial charge in [0.25, 0.3) is 0 Å². The highest BCUT2D eigenvalue weighted by Gasteiger charge is 2.26. The molecule has 1 aromatic carbocycles. The highest BCUT2D eigenvalue weighted by molar-refractivity contribution is 7.22. The van der Waals surface area contributed by atoms with Crippen molar-refractivity contribution in [3.05, 3.63) is 35.7 Å². The van der Waals surface area contributed by atoms with E-state index >= 15 is 0 Å². The Balaban J connectivity index is 1.64. The van der Waals surface area contributed by atoms with E-state index in [0.717, 1.165) is 35.9 Å². The second-order valence-electron chi connectivity index (χ2n) is 7.20. The van der Waals surface area contributed by atoms with Gasteiger partial charge >= 0.3 is 0 Å². The summed E-state index contributed by atoms with van der Waals surface area (Å²) >= 11 is 1.73.